The fourth-order valence-electron chi connectivity index (χ4n) is 3.50. The number of rotatable bonds is 7. The van der Waals surface area contributed by atoms with Gasteiger partial charge in [0, 0.05) is 5.56 Å². The summed E-state index contributed by atoms with van der Waals surface area (Å²) >= 11 is 0. The molecule has 0 spiro atoms. The lowest BCUT2D eigenvalue weighted by Gasteiger charge is -2.05. The van der Waals surface area contributed by atoms with Gasteiger partial charge in [-0.1, -0.05) is 81.3 Å². The van der Waals surface area contributed by atoms with Gasteiger partial charge in [-0.25, -0.2) is 8.78 Å². The Labute approximate surface area is 179 Å². The van der Waals surface area contributed by atoms with Crippen LogP contribution in [0.15, 0.2) is 60.7 Å². The van der Waals surface area contributed by atoms with Gasteiger partial charge in [-0.15, -0.1) is 0 Å². The smallest absolute Gasteiger partial charge is 0.142 e. The van der Waals surface area contributed by atoms with Crippen molar-refractivity contribution < 1.29 is 8.78 Å². The van der Waals surface area contributed by atoms with Crippen molar-refractivity contribution in [2.45, 2.75) is 52.4 Å². The van der Waals surface area contributed by atoms with Gasteiger partial charge in [0.1, 0.15) is 11.6 Å². The summed E-state index contributed by atoms with van der Waals surface area (Å²) in [5.41, 5.74) is 4.84. The van der Waals surface area contributed by atoms with Crippen molar-refractivity contribution in [3.8, 4) is 23.0 Å². The highest BCUT2D eigenvalue weighted by molar-refractivity contribution is 5.64. The van der Waals surface area contributed by atoms with Crippen LogP contribution in [-0.4, -0.2) is 0 Å². The molecule has 0 radical (unpaired) electrons. The predicted molar refractivity (Wildman–Crippen MR) is 121 cm³/mol. The SMILES string of the molecule is CCCCCc1cc(F)c(C#Cc2ccc(-c3ccc(CCC)cc3)cc2)c(F)c1. The number of benzene rings is 3. The third-order valence-electron chi connectivity index (χ3n) is 5.21. The quantitative estimate of drug-likeness (QED) is 0.280. The minimum atomic E-state index is -0.585. The first-order chi connectivity index (χ1) is 14.6. The molecule has 2 heteroatoms. The van der Waals surface area contributed by atoms with Gasteiger partial charge in [0.2, 0.25) is 0 Å². The molecule has 0 aromatic heterocycles. The van der Waals surface area contributed by atoms with Crippen LogP contribution in [0, 0.1) is 23.5 Å². The van der Waals surface area contributed by atoms with Crippen LogP contribution in [0.1, 0.15) is 61.8 Å². The molecule has 3 aromatic carbocycles. The standard InChI is InChI=1S/C28H28F2/c1-3-5-6-8-23-19-27(29)26(28(30)20-23)18-13-22-11-16-25(17-12-22)24-14-9-21(7-4-2)10-15-24/h9-12,14-17,19-20H,3-8H2,1-2H3. The van der Waals surface area contributed by atoms with E-state index in [1.165, 1.54) is 17.7 Å². The molecule has 3 rings (SSSR count). The number of unbranched alkanes of at least 4 members (excludes halogenated alkanes) is 2. The minimum absolute atomic E-state index is 0.162. The number of aryl methyl sites for hydroxylation is 2. The molecule has 154 valence electrons. The zero-order valence-corrected chi connectivity index (χ0v) is 17.8. The van der Waals surface area contributed by atoms with Crippen molar-refractivity contribution >= 4 is 0 Å². The van der Waals surface area contributed by atoms with E-state index < -0.39 is 11.6 Å². The first kappa shape index (κ1) is 21.8. The maximum absolute atomic E-state index is 14.4. The lowest BCUT2D eigenvalue weighted by Crippen LogP contribution is -1.95. The maximum atomic E-state index is 14.4. The molecule has 0 atom stereocenters. The summed E-state index contributed by atoms with van der Waals surface area (Å²) in [6.07, 6.45) is 5.99. The van der Waals surface area contributed by atoms with Gasteiger partial charge in [-0.2, -0.15) is 0 Å². The van der Waals surface area contributed by atoms with Crippen LogP contribution >= 0.6 is 0 Å². The molecular weight excluding hydrogens is 374 g/mol. The van der Waals surface area contributed by atoms with Crippen LogP contribution in [0.2, 0.25) is 0 Å². The molecule has 3 aromatic rings. The molecule has 0 fully saturated rings. The number of halogens is 2. The first-order valence-electron chi connectivity index (χ1n) is 10.8. The average Bonchev–Trinajstić information content (AvgIpc) is 2.75. The summed E-state index contributed by atoms with van der Waals surface area (Å²) in [4.78, 5) is 0. The first-order valence-corrected chi connectivity index (χ1v) is 10.8. The van der Waals surface area contributed by atoms with E-state index in [9.17, 15) is 8.78 Å². The molecule has 0 bridgehead atoms. The Balaban J connectivity index is 1.73. The Morgan fingerprint density at radius 2 is 1.23 bits per heavy atom. The normalized spacial score (nSPS) is 10.5. The number of hydrogen-bond acceptors (Lipinski definition) is 0. The van der Waals surface area contributed by atoms with Gasteiger partial charge in [0.25, 0.3) is 0 Å². The third kappa shape index (κ3) is 5.80. The molecule has 0 amide bonds. The van der Waals surface area contributed by atoms with E-state index in [2.05, 4.69) is 50.0 Å². The molecule has 0 aliphatic rings. The Morgan fingerprint density at radius 1 is 0.633 bits per heavy atom. The van der Waals surface area contributed by atoms with Crippen molar-refractivity contribution in [3.05, 3.63) is 94.6 Å². The van der Waals surface area contributed by atoms with Crippen molar-refractivity contribution in [2.75, 3.05) is 0 Å². The molecule has 0 aliphatic heterocycles. The fraction of sp³-hybridized carbons (Fsp3) is 0.286. The second-order valence-electron chi connectivity index (χ2n) is 7.67. The van der Waals surface area contributed by atoms with E-state index in [4.69, 9.17) is 0 Å². The van der Waals surface area contributed by atoms with Gasteiger partial charge >= 0.3 is 0 Å². The van der Waals surface area contributed by atoms with Crippen molar-refractivity contribution in [1.82, 2.24) is 0 Å². The van der Waals surface area contributed by atoms with Gasteiger partial charge < -0.3 is 0 Å². The molecule has 0 aliphatic carbocycles. The van der Waals surface area contributed by atoms with Crippen LogP contribution < -0.4 is 0 Å². The maximum Gasteiger partial charge on any atom is 0.142 e. The zero-order chi connectivity index (χ0) is 21.3. The van der Waals surface area contributed by atoms with Crippen LogP contribution in [0.5, 0.6) is 0 Å². The molecule has 0 N–H and O–H groups in total. The summed E-state index contributed by atoms with van der Waals surface area (Å²) in [5.74, 6) is 4.39. The Kier molecular flexibility index (Phi) is 7.80. The molecule has 0 saturated heterocycles. The summed E-state index contributed by atoms with van der Waals surface area (Å²) in [6, 6.07) is 19.1. The summed E-state index contributed by atoms with van der Waals surface area (Å²) < 4.78 is 28.7. The molecule has 0 heterocycles. The van der Waals surface area contributed by atoms with E-state index in [0.29, 0.717) is 12.0 Å². The highest BCUT2D eigenvalue weighted by Crippen LogP contribution is 2.21. The van der Waals surface area contributed by atoms with E-state index in [-0.39, 0.29) is 5.56 Å². The topological polar surface area (TPSA) is 0 Å². The van der Waals surface area contributed by atoms with E-state index >= 15 is 0 Å². The Hall–Kier alpha value is -2.92. The molecule has 0 nitrogen and oxygen atoms in total. The zero-order valence-electron chi connectivity index (χ0n) is 17.8. The summed E-state index contributed by atoms with van der Waals surface area (Å²) in [7, 11) is 0. The molecule has 0 saturated carbocycles. The summed E-state index contributed by atoms with van der Waals surface area (Å²) in [5, 5.41) is 0. The molecular formula is C28H28F2. The molecule has 30 heavy (non-hydrogen) atoms. The van der Waals surface area contributed by atoms with Gasteiger partial charge in [0.15, 0.2) is 0 Å². The lowest BCUT2D eigenvalue weighted by atomic mass is 10.0. The predicted octanol–water partition coefficient (Wildman–Crippen LogP) is 7.72. The highest BCUT2D eigenvalue weighted by Gasteiger charge is 2.09. The van der Waals surface area contributed by atoms with Crippen molar-refractivity contribution in [3.63, 3.8) is 0 Å². The van der Waals surface area contributed by atoms with Crippen molar-refractivity contribution in [1.29, 1.82) is 0 Å². The Morgan fingerprint density at radius 3 is 1.80 bits per heavy atom. The van der Waals surface area contributed by atoms with Gasteiger partial charge in [-0.3, -0.25) is 0 Å². The number of hydrogen-bond donors (Lipinski definition) is 0. The molecule has 0 unspecified atom stereocenters. The van der Waals surface area contributed by atoms with Crippen LogP contribution in [-0.2, 0) is 12.8 Å². The van der Waals surface area contributed by atoms with Crippen LogP contribution in [0.3, 0.4) is 0 Å². The van der Waals surface area contributed by atoms with Crippen LogP contribution in [0.25, 0.3) is 11.1 Å². The van der Waals surface area contributed by atoms with E-state index in [0.717, 1.165) is 48.8 Å². The Bertz CT molecular complexity index is 996. The minimum Gasteiger partial charge on any atom is -0.206 e. The van der Waals surface area contributed by atoms with E-state index in [1.807, 2.05) is 24.3 Å². The van der Waals surface area contributed by atoms with E-state index in [1.54, 1.807) is 0 Å². The fourth-order valence-corrected chi connectivity index (χ4v) is 3.50. The second-order valence-corrected chi connectivity index (χ2v) is 7.67. The van der Waals surface area contributed by atoms with Gasteiger partial charge in [-0.05, 0) is 65.8 Å². The third-order valence-corrected chi connectivity index (χ3v) is 5.21. The second kappa shape index (κ2) is 10.7. The largest absolute Gasteiger partial charge is 0.206 e. The van der Waals surface area contributed by atoms with Crippen LogP contribution in [0.4, 0.5) is 8.78 Å². The summed E-state index contributed by atoms with van der Waals surface area (Å²) in [6.45, 7) is 4.28. The average molecular weight is 403 g/mol. The van der Waals surface area contributed by atoms with Crippen molar-refractivity contribution in [2.24, 2.45) is 0 Å². The monoisotopic (exact) mass is 402 g/mol. The van der Waals surface area contributed by atoms with Gasteiger partial charge in [0.05, 0.1) is 5.56 Å². The lowest BCUT2D eigenvalue weighted by molar-refractivity contribution is 0.572. The highest BCUT2D eigenvalue weighted by atomic mass is 19.1.